The molecule has 1 aromatic rings. The van der Waals surface area contributed by atoms with Gasteiger partial charge in [-0.05, 0) is 43.2 Å². The maximum Gasteiger partial charge on any atom is 0.248 e. The highest BCUT2D eigenvalue weighted by Crippen LogP contribution is 2.29. The van der Waals surface area contributed by atoms with Gasteiger partial charge in [0.25, 0.3) is 0 Å². The van der Waals surface area contributed by atoms with Crippen molar-refractivity contribution < 1.29 is 9.18 Å². The summed E-state index contributed by atoms with van der Waals surface area (Å²) >= 11 is 2.00. The summed E-state index contributed by atoms with van der Waals surface area (Å²) in [5.41, 5.74) is 6.08. The number of primary amides is 1. The van der Waals surface area contributed by atoms with Gasteiger partial charge in [0, 0.05) is 29.0 Å². The van der Waals surface area contributed by atoms with Crippen molar-refractivity contribution in [3.05, 3.63) is 35.1 Å². The minimum Gasteiger partial charge on any atom is -0.366 e. The van der Waals surface area contributed by atoms with E-state index >= 15 is 0 Å². The van der Waals surface area contributed by atoms with Crippen molar-refractivity contribution in [1.29, 1.82) is 0 Å². The van der Waals surface area contributed by atoms with E-state index in [2.05, 4.69) is 12.2 Å². The van der Waals surface area contributed by atoms with Crippen molar-refractivity contribution in [3.63, 3.8) is 0 Å². The van der Waals surface area contributed by atoms with Crippen LogP contribution >= 0.6 is 11.8 Å². The molecule has 1 aliphatic carbocycles. The fourth-order valence-electron chi connectivity index (χ4n) is 2.63. The molecule has 0 bridgehead atoms. The van der Waals surface area contributed by atoms with E-state index in [-0.39, 0.29) is 5.82 Å². The van der Waals surface area contributed by atoms with Gasteiger partial charge in [-0.2, -0.15) is 11.8 Å². The molecule has 5 heteroatoms. The molecule has 1 amide bonds. The van der Waals surface area contributed by atoms with Gasteiger partial charge >= 0.3 is 0 Å². The van der Waals surface area contributed by atoms with Crippen LogP contribution in [0.2, 0.25) is 0 Å². The average molecular weight is 296 g/mol. The van der Waals surface area contributed by atoms with Crippen LogP contribution in [0.4, 0.5) is 4.39 Å². The molecule has 3 N–H and O–H groups in total. The zero-order valence-electron chi connectivity index (χ0n) is 11.7. The zero-order valence-corrected chi connectivity index (χ0v) is 12.5. The van der Waals surface area contributed by atoms with Crippen LogP contribution in [-0.4, -0.2) is 23.0 Å². The molecule has 20 heavy (non-hydrogen) atoms. The first-order valence-corrected chi connectivity index (χ1v) is 8.08. The summed E-state index contributed by atoms with van der Waals surface area (Å²) < 4.78 is 13.7. The molecule has 2 atom stereocenters. The molecule has 2 unspecified atom stereocenters. The molecule has 0 heterocycles. The molecule has 0 spiro atoms. The monoisotopic (exact) mass is 296 g/mol. The number of thioether (sulfide) groups is 1. The summed E-state index contributed by atoms with van der Waals surface area (Å²) in [6.07, 6.45) is 3.49. The third-order valence-electron chi connectivity index (χ3n) is 3.70. The fourth-order valence-corrected chi connectivity index (χ4v) is 3.77. The van der Waals surface area contributed by atoms with Gasteiger partial charge in [0.2, 0.25) is 5.91 Å². The van der Waals surface area contributed by atoms with E-state index < -0.39 is 5.91 Å². The number of halogens is 1. The maximum absolute atomic E-state index is 13.7. The molecule has 110 valence electrons. The molecule has 1 aliphatic rings. The predicted octanol–water partition coefficient (Wildman–Crippen LogP) is 2.69. The topological polar surface area (TPSA) is 55.1 Å². The van der Waals surface area contributed by atoms with Gasteiger partial charge < -0.3 is 11.1 Å². The largest absolute Gasteiger partial charge is 0.366 e. The number of hydrogen-bond donors (Lipinski definition) is 2. The van der Waals surface area contributed by atoms with Crippen LogP contribution in [0.3, 0.4) is 0 Å². The highest BCUT2D eigenvalue weighted by Gasteiger charge is 2.24. The van der Waals surface area contributed by atoms with E-state index in [1.54, 1.807) is 0 Å². The Morgan fingerprint density at radius 2 is 2.30 bits per heavy atom. The third-order valence-corrected chi connectivity index (χ3v) is 4.93. The lowest BCUT2D eigenvalue weighted by Crippen LogP contribution is -2.26. The minimum atomic E-state index is -0.522. The second kappa shape index (κ2) is 7.09. The number of carbonyl (C=O) groups excluding carboxylic acids is 1. The van der Waals surface area contributed by atoms with Crippen molar-refractivity contribution in [2.45, 2.75) is 44.0 Å². The van der Waals surface area contributed by atoms with Crippen LogP contribution in [0.5, 0.6) is 0 Å². The standard InChI is InChI=1S/C15H21FN2OS/c1-2-20-13-5-4-12(8-13)18-9-11-7-10(15(17)19)3-6-14(11)16/h3,6-7,12-13,18H,2,4-5,8-9H2,1H3,(H2,17,19). The Morgan fingerprint density at radius 1 is 1.50 bits per heavy atom. The summed E-state index contributed by atoms with van der Waals surface area (Å²) in [6.45, 7) is 2.62. The van der Waals surface area contributed by atoms with Crippen molar-refractivity contribution in [2.75, 3.05) is 5.75 Å². The van der Waals surface area contributed by atoms with Crippen LogP contribution in [0.15, 0.2) is 18.2 Å². The predicted molar refractivity (Wildman–Crippen MR) is 81.3 cm³/mol. The normalized spacial score (nSPS) is 22.1. The summed E-state index contributed by atoms with van der Waals surface area (Å²) in [5, 5.41) is 4.11. The molecule has 0 aliphatic heterocycles. The molecule has 0 aromatic heterocycles. The molecule has 1 saturated carbocycles. The molecule has 3 nitrogen and oxygen atoms in total. The molecule has 2 rings (SSSR count). The Hall–Kier alpha value is -1.07. The summed E-state index contributed by atoms with van der Waals surface area (Å²) in [7, 11) is 0. The number of rotatable bonds is 6. The first-order valence-electron chi connectivity index (χ1n) is 7.03. The van der Waals surface area contributed by atoms with Crippen LogP contribution in [0.25, 0.3) is 0 Å². The summed E-state index contributed by atoms with van der Waals surface area (Å²) in [4.78, 5) is 11.1. The quantitative estimate of drug-likeness (QED) is 0.848. The van der Waals surface area contributed by atoms with Gasteiger partial charge in [-0.3, -0.25) is 4.79 Å². The number of amides is 1. The van der Waals surface area contributed by atoms with Crippen molar-refractivity contribution in [1.82, 2.24) is 5.32 Å². The smallest absolute Gasteiger partial charge is 0.248 e. The van der Waals surface area contributed by atoms with Crippen LogP contribution in [-0.2, 0) is 6.54 Å². The number of hydrogen-bond acceptors (Lipinski definition) is 3. The average Bonchev–Trinajstić information content (AvgIpc) is 2.86. The Balaban J connectivity index is 1.91. The van der Waals surface area contributed by atoms with Gasteiger partial charge in [-0.15, -0.1) is 0 Å². The Bertz CT molecular complexity index is 481. The second-order valence-corrected chi connectivity index (χ2v) is 6.72. The fraction of sp³-hybridized carbons (Fsp3) is 0.533. The number of nitrogens with two attached hydrogens (primary N) is 1. The highest BCUT2D eigenvalue weighted by atomic mass is 32.2. The first kappa shape index (κ1) is 15.3. The molecule has 0 radical (unpaired) electrons. The van der Waals surface area contributed by atoms with Crippen LogP contribution in [0.1, 0.15) is 42.1 Å². The Kier molecular flexibility index (Phi) is 5.43. The SMILES string of the molecule is CCSC1CCC(NCc2cc(C(N)=O)ccc2F)C1. The van der Waals surface area contributed by atoms with E-state index in [1.165, 1.54) is 24.6 Å². The maximum atomic E-state index is 13.7. The number of benzene rings is 1. The van der Waals surface area contributed by atoms with Gasteiger partial charge in [0.15, 0.2) is 0 Å². The van der Waals surface area contributed by atoms with Gasteiger partial charge in [0.05, 0.1) is 0 Å². The number of nitrogens with one attached hydrogen (secondary N) is 1. The Labute approximate surface area is 123 Å². The van der Waals surface area contributed by atoms with E-state index in [9.17, 15) is 9.18 Å². The van der Waals surface area contributed by atoms with Crippen LogP contribution < -0.4 is 11.1 Å². The van der Waals surface area contributed by atoms with Gasteiger partial charge in [0.1, 0.15) is 5.82 Å². The third kappa shape index (κ3) is 3.96. The lowest BCUT2D eigenvalue weighted by Gasteiger charge is -2.14. The van der Waals surface area contributed by atoms with E-state index in [4.69, 9.17) is 5.73 Å². The minimum absolute atomic E-state index is 0.292. The highest BCUT2D eigenvalue weighted by molar-refractivity contribution is 7.99. The Morgan fingerprint density at radius 3 is 3.00 bits per heavy atom. The molecule has 0 saturated heterocycles. The molecular formula is C15H21FN2OS. The van der Waals surface area contributed by atoms with E-state index in [0.717, 1.165) is 23.8 Å². The van der Waals surface area contributed by atoms with Crippen LogP contribution in [0, 0.1) is 5.82 Å². The second-order valence-electron chi connectivity index (χ2n) is 5.14. The summed E-state index contributed by atoms with van der Waals surface area (Å²) in [6, 6.07) is 4.71. The molecule has 1 fully saturated rings. The van der Waals surface area contributed by atoms with Gasteiger partial charge in [-0.25, -0.2) is 4.39 Å². The van der Waals surface area contributed by atoms with Gasteiger partial charge in [-0.1, -0.05) is 6.92 Å². The van der Waals surface area contributed by atoms with Crippen molar-refractivity contribution in [2.24, 2.45) is 5.73 Å². The molecule has 1 aromatic carbocycles. The first-order chi connectivity index (χ1) is 9.60. The zero-order chi connectivity index (χ0) is 14.5. The number of carbonyl (C=O) groups is 1. The lowest BCUT2D eigenvalue weighted by atomic mass is 10.1. The van der Waals surface area contributed by atoms with Crippen molar-refractivity contribution >= 4 is 17.7 Å². The lowest BCUT2D eigenvalue weighted by molar-refractivity contribution is 0.1000. The summed E-state index contributed by atoms with van der Waals surface area (Å²) in [5.74, 6) is 0.332. The van der Waals surface area contributed by atoms with E-state index in [1.807, 2.05) is 11.8 Å². The van der Waals surface area contributed by atoms with Crippen molar-refractivity contribution in [3.8, 4) is 0 Å². The molecular weight excluding hydrogens is 275 g/mol. The van der Waals surface area contributed by atoms with E-state index in [0.29, 0.717) is 23.7 Å².